The quantitative estimate of drug-likeness (QED) is 0.736. The minimum atomic E-state index is -0.432. The van der Waals surface area contributed by atoms with Crippen LogP contribution in [-0.4, -0.2) is 35.2 Å². The Bertz CT molecular complexity index is 464. The van der Waals surface area contributed by atoms with Crippen LogP contribution in [0.5, 0.6) is 0 Å². The van der Waals surface area contributed by atoms with Crippen LogP contribution in [-0.2, 0) is 4.74 Å². The number of allylic oxidation sites excluding steroid dienone is 1. The van der Waals surface area contributed by atoms with Gasteiger partial charge in [-0.05, 0) is 52.5 Å². The molecule has 0 unspecified atom stereocenters. The van der Waals surface area contributed by atoms with E-state index in [9.17, 15) is 4.79 Å². The molecule has 0 aromatic rings. The van der Waals surface area contributed by atoms with Crippen molar-refractivity contribution in [2.75, 3.05) is 13.1 Å². The van der Waals surface area contributed by atoms with Crippen LogP contribution in [0.15, 0.2) is 22.0 Å². The largest absolute Gasteiger partial charge is 0.444 e. The number of hydrogen-bond donors (Lipinski definition) is 0. The lowest BCUT2D eigenvalue weighted by molar-refractivity contribution is 0.0187. The highest BCUT2D eigenvalue weighted by Gasteiger charge is 2.41. The predicted molar refractivity (Wildman–Crippen MR) is 75.4 cm³/mol. The Morgan fingerprint density at radius 1 is 1.35 bits per heavy atom. The molecule has 0 aromatic heterocycles. The molecule has 1 amide bonds. The molecule has 2 fully saturated rings. The molecule has 5 nitrogen and oxygen atoms in total. The van der Waals surface area contributed by atoms with Crippen molar-refractivity contribution < 1.29 is 9.53 Å². The Morgan fingerprint density at radius 3 is 2.55 bits per heavy atom. The van der Waals surface area contributed by atoms with Gasteiger partial charge in [-0.2, -0.15) is 10.2 Å². The van der Waals surface area contributed by atoms with E-state index in [1.54, 1.807) is 4.90 Å². The van der Waals surface area contributed by atoms with Gasteiger partial charge >= 0.3 is 6.09 Å². The van der Waals surface area contributed by atoms with Crippen LogP contribution in [0.3, 0.4) is 0 Å². The molecule has 2 aliphatic heterocycles. The first kappa shape index (κ1) is 13.6. The van der Waals surface area contributed by atoms with E-state index in [4.69, 9.17) is 4.74 Å². The third-order valence-electron chi connectivity index (χ3n) is 4.06. The molecule has 0 radical (unpaired) electrons. The lowest BCUT2D eigenvalue weighted by Gasteiger charge is -2.36. The highest BCUT2D eigenvalue weighted by atomic mass is 16.6. The van der Waals surface area contributed by atoms with Crippen LogP contribution in [0.1, 0.15) is 46.5 Å². The van der Waals surface area contributed by atoms with Crippen molar-refractivity contribution in [1.82, 2.24) is 4.90 Å². The van der Waals surface area contributed by atoms with Gasteiger partial charge in [0.05, 0.1) is 5.70 Å². The SMILES string of the molecule is CC(C)(C)OC(=O)N1CCC2(C=C(C3CC3)N=N2)CC1. The lowest BCUT2D eigenvalue weighted by Crippen LogP contribution is -2.46. The standard InChI is InChI=1S/C15H23N3O2/c1-14(2,3)20-13(19)18-8-6-15(7-9-18)10-12(16-17-15)11-4-5-11/h10-11H,4-9H2,1-3H3. The summed E-state index contributed by atoms with van der Waals surface area (Å²) in [6, 6.07) is 0. The van der Waals surface area contributed by atoms with E-state index < -0.39 is 5.60 Å². The number of ether oxygens (including phenoxy) is 1. The topological polar surface area (TPSA) is 54.3 Å². The maximum atomic E-state index is 12.0. The van der Waals surface area contributed by atoms with Gasteiger partial charge in [0.25, 0.3) is 0 Å². The minimum absolute atomic E-state index is 0.142. The summed E-state index contributed by atoms with van der Waals surface area (Å²) in [6.07, 6.45) is 6.25. The van der Waals surface area contributed by atoms with Crippen LogP contribution in [0, 0.1) is 5.92 Å². The highest BCUT2D eigenvalue weighted by molar-refractivity contribution is 5.68. The molecule has 0 N–H and O–H groups in total. The van der Waals surface area contributed by atoms with Gasteiger partial charge in [0, 0.05) is 19.0 Å². The van der Waals surface area contributed by atoms with Crippen LogP contribution in [0.2, 0.25) is 0 Å². The summed E-state index contributed by atoms with van der Waals surface area (Å²) in [5, 5.41) is 8.85. The van der Waals surface area contributed by atoms with Gasteiger partial charge in [0.15, 0.2) is 0 Å². The lowest BCUT2D eigenvalue weighted by atomic mass is 9.88. The molecule has 1 saturated carbocycles. The first-order valence-corrected chi connectivity index (χ1v) is 7.51. The summed E-state index contributed by atoms with van der Waals surface area (Å²) in [4.78, 5) is 13.8. The molecule has 3 rings (SSSR count). The zero-order valence-corrected chi connectivity index (χ0v) is 12.6. The summed E-state index contributed by atoms with van der Waals surface area (Å²) in [5.41, 5.74) is 0.602. The van der Waals surface area contributed by atoms with Crippen LogP contribution < -0.4 is 0 Å². The summed E-state index contributed by atoms with van der Waals surface area (Å²) in [6.45, 7) is 7.08. The van der Waals surface area contributed by atoms with Crippen molar-refractivity contribution in [3.05, 3.63) is 11.8 Å². The van der Waals surface area contributed by atoms with Gasteiger partial charge in [-0.15, -0.1) is 0 Å². The Hall–Kier alpha value is -1.39. The van der Waals surface area contributed by atoms with E-state index in [0.717, 1.165) is 12.8 Å². The van der Waals surface area contributed by atoms with E-state index in [-0.39, 0.29) is 11.6 Å². The third-order valence-corrected chi connectivity index (χ3v) is 4.06. The Balaban J connectivity index is 1.57. The smallest absolute Gasteiger partial charge is 0.410 e. The molecular weight excluding hydrogens is 254 g/mol. The molecule has 110 valence electrons. The Labute approximate surface area is 120 Å². The number of hydrogen-bond acceptors (Lipinski definition) is 4. The van der Waals surface area contributed by atoms with E-state index in [0.29, 0.717) is 19.0 Å². The van der Waals surface area contributed by atoms with Crippen LogP contribution >= 0.6 is 0 Å². The second-order valence-corrected chi connectivity index (χ2v) is 7.11. The molecule has 1 spiro atoms. The van der Waals surface area contributed by atoms with Crippen molar-refractivity contribution >= 4 is 6.09 Å². The molecule has 2 heterocycles. The zero-order valence-electron chi connectivity index (χ0n) is 12.6. The summed E-state index contributed by atoms with van der Waals surface area (Å²) >= 11 is 0. The van der Waals surface area contributed by atoms with Crippen LogP contribution in [0.4, 0.5) is 4.79 Å². The average Bonchev–Trinajstić information content (AvgIpc) is 3.12. The highest BCUT2D eigenvalue weighted by Crippen LogP contribution is 2.44. The van der Waals surface area contributed by atoms with Gasteiger partial charge < -0.3 is 9.64 Å². The summed E-state index contributed by atoms with van der Waals surface area (Å²) in [5.74, 6) is 0.655. The van der Waals surface area contributed by atoms with Crippen molar-refractivity contribution in [1.29, 1.82) is 0 Å². The average molecular weight is 277 g/mol. The first-order chi connectivity index (χ1) is 9.37. The number of likely N-dealkylation sites (tertiary alicyclic amines) is 1. The normalized spacial score (nSPS) is 24.9. The molecule has 20 heavy (non-hydrogen) atoms. The van der Waals surface area contributed by atoms with Crippen molar-refractivity contribution in [3.8, 4) is 0 Å². The molecule has 0 bridgehead atoms. The van der Waals surface area contributed by atoms with Crippen molar-refractivity contribution in [2.24, 2.45) is 16.1 Å². The van der Waals surface area contributed by atoms with Gasteiger partial charge in [0.1, 0.15) is 11.1 Å². The Morgan fingerprint density at radius 2 is 2.00 bits per heavy atom. The van der Waals surface area contributed by atoms with Gasteiger partial charge in [-0.1, -0.05) is 0 Å². The number of rotatable bonds is 1. The van der Waals surface area contributed by atoms with E-state index in [1.807, 2.05) is 20.8 Å². The van der Waals surface area contributed by atoms with Crippen molar-refractivity contribution in [2.45, 2.75) is 57.6 Å². The monoisotopic (exact) mass is 277 g/mol. The fraction of sp³-hybridized carbons (Fsp3) is 0.800. The van der Waals surface area contributed by atoms with Gasteiger partial charge in [0.2, 0.25) is 0 Å². The van der Waals surface area contributed by atoms with E-state index in [2.05, 4.69) is 16.3 Å². The number of carbonyl (C=O) groups excluding carboxylic acids is 1. The third kappa shape index (κ3) is 2.86. The number of carbonyl (C=O) groups is 1. The number of nitrogens with zero attached hydrogens (tertiary/aromatic N) is 3. The second kappa shape index (κ2) is 4.57. The molecule has 3 aliphatic rings. The fourth-order valence-electron chi connectivity index (χ4n) is 2.72. The summed E-state index contributed by atoms with van der Waals surface area (Å²) in [7, 11) is 0. The summed E-state index contributed by atoms with van der Waals surface area (Å²) < 4.78 is 5.42. The number of azo groups is 1. The fourth-order valence-corrected chi connectivity index (χ4v) is 2.72. The molecule has 1 aliphatic carbocycles. The van der Waals surface area contributed by atoms with E-state index >= 15 is 0 Å². The van der Waals surface area contributed by atoms with Crippen molar-refractivity contribution in [3.63, 3.8) is 0 Å². The molecule has 1 saturated heterocycles. The number of amides is 1. The first-order valence-electron chi connectivity index (χ1n) is 7.51. The Kier molecular flexibility index (Phi) is 3.10. The minimum Gasteiger partial charge on any atom is -0.444 e. The zero-order chi connectivity index (χ0) is 14.4. The number of piperidine rings is 1. The molecule has 0 aromatic carbocycles. The molecule has 5 heteroatoms. The van der Waals surface area contributed by atoms with Gasteiger partial charge in [-0.3, -0.25) is 0 Å². The van der Waals surface area contributed by atoms with E-state index in [1.165, 1.54) is 18.5 Å². The second-order valence-electron chi connectivity index (χ2n) is 7.11. The molecule has 0 atom stereocenters. The predicted octanol–water partition coefficient (Wildman–Crippen LogP) is 3.52. The van der Waals surface area contributed by atoms with Gasteiger partial charge in [-0.25, -0.2) is 4.79 Å². The van der Waals surface area contributed by atoms with Crippen LogP contribution in [0.25, 0.3) is 0 Å². The maximum absolute atomic E-state index is 12.0. The molecular formula is C15H23N3O2. The maximum Gasteiger partial charge on any atom is 0.410 e.